The maximum absolute atomic E-state index is 12.2. The molecule has 0 bridgehead atoms. The van der Waals surface area contributed by atoms with E-state index < -0.39 is 0 Å². The van der Waals surface area contributed by atoms with E-state index in [0.29, 0.717) is 45.3 Å². The zero-order valence-electron chi connectivity index (χ0n) is 24.7. The van der Waals surface area contributed by atoms with Crippen molar-refractivity contribution in [3.63, 3.8) is 0 Å². The van der Waals surface area contributed by atoms with Gasteiger partial charge in [0.25, 0.3) is 0 Å². The Bertz CT molecular complexity index is 1440. The van der Waals surface area contributed by atoms with Crippen molar-refractivity contribution in [2.45, 2.75) is 45.6 Å². The summed E-state index contributed by atoms with van der Waals surface area (Å²) in [6, 6.07) is 10.5. The van der Waals surface area contributed by atoms with Gasteiger partial charge in [-0.25, -0.2) is 0 Å². The molecule has 0 spiro atoms. The first kappa shape index (κ1) is 28.3. The van der Waals surface area contributed by atoms with Crippen molar-refractivity contribution in [2.24, 2.45) is 0 Å². The molecular formula is C33H42N6O3. The molecule has 3 aliphatic rings. The number of aryl methyl sites for hydroxylation is 1. The Morgan fingerprint density at radius 1 is 1.00 bits per heavy atom. The lowest BCUT2D eigenvalue weighted by Crippen LogP contribution is -2.49. The molecule has 0 radical (unpaired) electrons. The second-order valence-electron chi connectivity index (χ2n) is 11.7. The molecule has 3 aliphatic heterocycles. The number of hydrogen-bond donors (Lipinski definition) is 1. The monoisotopic (exact) mass is 570 g/mol. The number of amides is 1. The minimum atomic E-state index is -0.0266. The number of likely N-dealkylation sites (tertiary alicyclic amines) is 1. The number of phenols is 1. The molecule has 0 aliphatic carbocycles. The highest BCUT2D eigenvalue weighted by molar-refractivity contribution is 5.96. The van der Waals surface area contributed by atoms with Crippen molar-refractivity contribution in [3.8, 4) is 11.8 Å². The molecule has 222 valence electrons. The van der Waals surface area contributed by atoms with Crippen molar-refractivity contribution < 1.29 is 14.6 Å². The van der Waals surface area contributed by atoms with Crippen LogP contribution in [-0.2, 0) is 17.8 Å². The fourth-order valence-electron chi connectivity index (χ4n) is 6.54. The Morgan fingerprint density at radius 3 is 2.60 bits per heavy atom. The number of aromatic hydroxyl groups is 1. The van der Waals surface area contributed by atoms with Gasteiger partial charge in [-0.3, -0.25) is 4.79 Å². The number of carbonyl (C=O) groups is 1. The highest BCUT2D eigenvalue weighted by atomic mass is 16.5. The van der Waals surface area contributed by atoms with Crippen LogP contribution in [0.3, 0.4) is 0 Å². The van der Waals surface area contributed by atoms with Gasteiger partial charge in [0.2, 0.25) is 5.91 Å². The second-order valence-corrected chi connectivity index (χ2v) is 11.7. The van der Waals surface area contributed by atoms with Crippen LogP contribution in [0.25, 0.3) is 10.8 Å². The van der Waals surface area contributed by atoms with E-state index in [1.165, 1.54) is 38.4 Å². The third-order valence-electron chi connectivity index (χ3n) is 8.80. The molecule has 6 rings (SSSR count). The number of rotatable bonds is 8. The number of fused-ring (bicyclic) bond motifs is 2. The van der Waals surface area contributed by atoms with E-state index in [1.54, 1.807) is 0 Å². The van der Waals surface area contributed by atoms with Gasteiger partial charge in [0.05, 0.1) is 18.8 Å². The zero-order valence-corrected chi connectivity index (χ0v) is 24.7. The fourth-order valence-corrected chi connectivity index (χ4v) is 6.54. The maximum atomic E-state index is 12.2. The SMILES string of the molecule is C=CC(=O)N1CCN(c2nc(OCCCN3CCCCC3)nc3c2CCN(c2cc(O)cc4cc(C)ccc24)C3)CC1. The van der Waals surface area contributed by atoms with Gasteiger partial charge >= 0.3 is 6.01 Å². The Morgan fingerprint density at radius 2 is 1.81 bits per heavy atom. The quantitative estimate of drug-likeness (QED) is 0.317. The molecule has 4 heterocycles. The van der Waals surface area contributed by atoms with E-state index in [1.807, 2.05) is 17.0 Å². The van der Waals surface area contributed by atoms with Crippen LogP contribution in [0.4, 0.5) is 11.5 Å². The lowest BCUT2D eigenvalue weighted by Gasteiger charge is -2.38. The number of hydrogen-bond acceptors (Lipinski definition) is 8. The summed E-state index contributed by atoms with van der Waals surface area (Å²) < 4.78 is 6.20. The number of benzene rings is 2. The van der Waals surface area contributed by atoms with E-state index in [9.17, 15) is 9.90 Å². The van der Waals surface area contributed by atoms with Gasteiger partial charge < -0.3 is 29.4 Å². The van der Waals surface area contributed by atoms with Gasteiger partial charge in [-0.15, -0.1) is 0 Å². The van der Waals surface area contributed by atoms with E-state index in [0.717, 1.165) is 65.0 Å². The summed E-state index contributed by atoms with van der Waals surface area (Å²) in [5.74, 6) is 1.16. The van der Waals surface area contributed by atoms with Gasteiger partial charge in [-0.1, -0.05) is 36.8 Å². The molecule has 0 atom stereocenters. The predicted octanol–water partition coefficient (Wildman–Crippen LogP) is 4.30. The first-order valence-electron chi connectivity index (χ1n) is 15.4. The number of phenolic OH excluding ortho intramolecular Hbond substituents is 1. The molecular weight excluding hydrogens is 528 g/mol. The summed E-state index contributed by atoms with van der Waals surface area (Å²) in [5.41, 5.74) is 4.29. The number of ether oxygens (including phenoxy) is 1. The Hall–Kier alpha value is -3.85. The second kappa shape index (κ2) is 12.6. The fraction of sp³-hybridized carbons (Fsp3) is 0.485. The molecule has 1 amide bonds. The van der Waals surface area contributed by atoms with Crippen molar-refractivity contribution >= 4 is 28.2 Å². The summed E-state index contributed by atoms with van der Waals surface area (Å²) in [6.45, 7) is 13.8. The van der Waals surface area contributed by atoms with Crippen LogP contribution in [0.15, 0.2) is 43.0 Å². The number of nitrogens with zero attached hydrogens (tertiary/aromatic N) is 6. The smallest absolute Gasteiger partial charge is 0.318 e. The molecule has 2 saturated heterocycles. The molecule has 1 aromatic heterocycles. The lowest BCUT2D eigenvalue weighted by atomic mass is 10.0. The third kappa shape index (κ3) is 6.16. The van der Waals surface area contributed by atoms with Crippen LogP contribution in [0.5, 0.6) is 11.8 Å². The standard InChI is InChI=1S/C33H42N6O3/c1-3-31(41)37-15-17-38(18-16-37)32-28-10-14-39(30-22-26(40)21-25-20-24(2)8-9-27(25)30)23-29(28)34-33(35-32)42-19-7-13-36-11-5-4-6-12-36/h3,8-9,20-22,40H,1,4-7,10-19,23H2,2H3. The molecule has 1 N–H and O–H groups in total. The first-order chi connectivity index (χ1) is 20.5. The largest absolute Gasteiger partial charge is 0.508 e. The molecule has 9 heteroatoms. The van der Waals surface area contributed by atoms with E-state index in [-0.39, 0.29) is 11.7 Å². The number of carbonyl (C=O) groups excluding carboxylic acids is 1. The maximum Gasteiger partial charge on any atom is 0.318 e. The molecule has 2 fully saturated rings. The summed E-state index contributed by atoms with van der Waals surface area (Å²) in [6.07, 6.45) is 7.03. The molecule has 2 aromatic carbocycles. The zero-order chi connectivity index (χ0) is 29.1. The average molecular weight is 571 g/mol. The summed E-state index contributed by atoms with van der Waals surface area (Å²) in [7, 11) is 0. The highest BCUT2D eigenvalue weighted by Crippen LogP contribution is 2.36. The van der Waals surface area contributed by atoms with E-state index >= 15 is 0 Å². The number of piperidine rings is 1. The molecule has 42 heavy (non-hydrogen) atoms. The molecule has 9 nitrogen and oxygen atoms in total. The normalized spacial score (nSPS) is 17.8. The van der Waals surface area contributed by atoms with Crippen LogP contribution in [0.1, 0.15) is 42.5 Å². The van der Waals surface area contributed by atoms with Crippen LogP contribution in [0, 0.1) is 6.92 Å². The van der Waals surface area contributed by atoms with Crippen LogP contribution in [-0.4, -0.2) is 89.7 Å². The van der Waals surface area contributed by atoms with Crippen molar-refractivity contribution in [3.05, 3.63) is 59.8 Å². The van der Waals surface area contributed by atoms with Crippen molar-refractivity contribution in [1.82, 2.24) is 19.8 Å². The number of piperazine rings is 1. The van der Waals surface area contributed by atoms with Gasteiger partial charge in [-0.2, -0.15) is 9.97 Å². The molecule has 0 unspecified atom stereocenters. The van der Waals surface area contributed by atoms with Crippen LogP contribution in [0.2, 0.25) is 0 Å². The lowest BCUT2D eigenvalue weighted by molar-refractivity contribution is -0.126. The van der Waals surface area contributed by atoms with Gasteiger partial charge in [0, 0.05) is 62.0 Å². The first-order valence-corrected chi connectivity index (χ1v) is 15.4. The van der Waals surface area contributed by atoms with Crippen LogP contribution < -0.4 is 14.5 Å². The minimum absolute atomic E-state index is 0.0266. The van der Waals surface area contributed by atoms with Crippen LogP contribution >= 0.6 is 0 Å². The Labute approximate surface area is 248 Å². The van der Waals surface area contributed by atoms with Crippen molar-refractivity contribution in [2.75, 3.05) is 68.8 Å². The van der Waals surface area contributed by atoms with Gasteiger partial charge in [0.1, 0.15) is 11.6 Å². The number of anilines is 2. The average Bonchev–Trinajstić information content (AvgIpc) is 3.02. The van der Waals surface area contributed by atoms with Gasteiger partial charge in [-0.05, 0) is 63.2 Å². The van der Waals surface area contributed by atoms with E-state index in [2.05, 4.69) is 46.4 Å². The summed E-state index contributed by atoms with van der Waals surface area (Å²) in [4.78, 5) is 31.0. The van der Waals surface area contributed by atoms with E-state index in [4.69, 9.17) is 14.7 Å². The van der Waals surface area contributed by atoms with Gasteiger partial charge in [0.15, 0.2) is 0 Å². The Kier molecular flexibility index (Phi) is 8.46. The third-order valence-corrected chi connectivity index (χ3v) is 8.80. The topological polar surface area (TPSA) is 85.3 Å². The van der Waals surface area contributed by atoms with Crippen molar-refractivity contribution in [1.29, 1.82) is 0 Å². The highest BCUT2D eigenvalue weighted by Gasteiger charge is 2.29. The number of aromatic nitrogens is 2. The molecule has 0 saturated carbocycles. The molecule has 3 aromatic rings. The minimum Gasteiger partial charge on any atom is -0.508 e. The Balaban J connectivity index is 1.25. The summed E-state index contributed by atoms with van der Waals surface area (Å²) in [5, 5.41) is 12.7. The summed E-state index contributed by atoms with van der Waals surface area (Å²) >= 11 is 0. The predicted molar refractivity (Wildman–Crippen MR) is 167 cm³/mol.